The van der Waals surface area contributed by atoms with Crippen molar-refractivity contribution in [3.05, 3.63) is 54.6 Å². The fourth-order valence-electron chi connectivity index (χ4n) is 2.19. The zero-order chi connectivity index (χ0) is 17.5. The summed E-state index contributed by atoms with van der Waals surface area (Å²) in [4.78, 5) is 11.4. The van der Waals surface area contributed by atoms with Gasteiger partial charge in [0.25, 0.3) is 0 Å². The third-order valence-corrected chi connectivity index (χ3v) is 3.24. The van der Waals surface area contributed by atoms with E-state index in [0.717, 1.165) is 12.0 Å². The molecular formula is C19H20O5. The molecule has 0 saturated heterocycles. The van der Waals surface area contributed by atoms with Crippen molar-refractivity contribution in [3.8, 4) is 28.7 Å². The van der Waals surface area contributed by atoms with Crippen molar-refractivity contribution in [2.24, 2.45) is 0 Å². The number of rotatable bonds is 7. The van der Waals surface area contributed by atoms with Crippen LogP contribution in [0.5, 0.6) is 28.7 Å². The lowest BCUT2D eigenvalue weighted by Gasteiger charge is -2.15. The average molecular weight is 328 g/mol. The normalized spacial score (nSPS) is 9.96. The summed E-state index contributed by atoms with van der Waals surface area (Å²) in [6, 6.07) is 10.7. The minimum atomic E-state index is -0.461. The van der Waals surface area contributed by atoms with Gasteiger partial charge < -0.3 is 18.9 Å². The van der Waals surface area contributed by atoms with Gasteiger partial charge in [-0.3, -0.25) is 4.79 Å². The standard InChI is InChI=1S/C19H20O5/c1-5-7-14-10-11-15(18(12-14)22-4)24-17-9-6-8-16(21-3)19(17)23-13(2)20/h5-6,8-12H,1,7H2,2-4H3. The van der Waals surface area contributed by atoms with Gasteiger partial charge in [-0.2, -0.15) is 0 Å². The van der Waals surface area contributed by atoms with E-state index in [9.17, 15) is 4.79 Å². The number of carbonyl (C=O) groups excluding carboxylic acids is 1. The van der Waals surface area contributed by atoms with Gasteiger partial charge in [0.2, 0.25) is 5.75 Å². The molecule has 0 heterocycles. The van der Waals surface area contributed by atoms with E-state index in [-0.39, 0.29) is 5.75 Å². The maximum Gasteiger partial charge on any atom is 0.308 e. The van der Waals surface area contributed by atoms with Gasteiger partial charge in [0.05, 0.1) is 14.2 Å². The van der Waals surface area contributed by atoms with E-state index in [1.165, 1.54) is 14.0 Å². The second-order valence-electron chi connectivity index (χ2n) is 4.96. The highest BCUT2D eigenvalue weighted by Crippen LogP contribution is 2.42. The highest BCUT2D eigenvalue weighted by Gasteiger charge is 2.16. The van der Waals surface area contributed by atoms with Crippen LogP contribution in [0.15, 0.2) is 49.1 Å². The number of hydrogen-bond donors (Lipinski definition) is 0. The summed E-state index contributed by atoms with van der Waals surface area (Å²) in [6.07, 6.45) is 2.55. The quantitative estimate of drug-likeness (QED) is 0.434. The van der Waals surface area contributed by atoms with E-state index in [1.54, 1.807) is 31.4 Å². The maximum atomic E-state index is 11.4. The summed E-state index contributed by atoms with van der Waals surface area (Å²) in [5.41, 5.74) is 1.06. The number of allylic oxidation sites excluding steroid dienone is 1. The number of esters is 1. The molecule has 0 atom stereocenters. The Morgan fingerprint density at radius 1 is 1.04 bits per heavy atom. The number of hydrogen-bond acceptors (Lipinski definition) is 5. The number of benzene rings is 2. The van der Waals surface area contributed by atoms with E-state index in [4.69, 9.17) is 18.9 Å². The average Bonchev–Trinajstić information content (AvgIpc) is 2.57. The Morgan fingerprint density at radius 3 is 2.38 bits per heavy atom. The van der Waals surface area contributed by atoms with Crippen LogP contribution in [0.3, 0.4) is 0 Å². The predicted molar refractivity (Wildman–Crippen MR) is 91.3 cm³/mol. The Morgan fingerprint density at radius 2 is 1.75 bits per heavy atom. The van der Waals surface area contributed by atoms with E-state index in [2.05, 4.69) is 6.58 Å². The molecule has 2 aromatic rings. The van der Waals surface area contributed by atoms with E-state index < -0.39 is 5.97 Å². The summed E-state index contributed by atoms with van der Waals surface area (Å²) in [7, 11) is 3.06. The van der Waals surface area contributed by atoms with Crippen molar-refractivity contribution in [2.45, 2.75) is 13.3 Å². The first kappa shape index (κ1) is 17.4. The SMILES string of the molecule is C=CCc1ccc(Oc2cccc(OC)c2OC(C)=O)c(OC)c1. The highest BCUT2D eigenvalue weighted by molar-refractivity contribution is 5.72. The van der Waals surface area contributed by atoms with Gasteiger partial charge in [0, 0.05) is 6.92 Å². The van der Waals surface area contributed by atoms with Gasteiger partial charge in [-0.1, -0.05) is 18.2 Å². The Balaban J connectivity index is 2.40. The van der Waals surface area contributed by atoms with E-state index >= 15 is 0 Å². The zero-order valence-electron chi connectivity index (χ0n) is 14.0. The summed E-state index contributed by atoms with van der Waals surface area (Å²) in [5.74, 6) is 1.62. The minimum absolute atomic E-state index is 0.227. The Bertz CT molecular complexity index is 737. The molecule has 0 saturated carbocycles. The molecule has 0 spiro atoms. The molecule has 0 unspecified atom stereocenters. The van der Waals surface area contributed by atoms with Crippen molar-refractivity contribution in [3.63, 3.8) is 0 Å². The lowest BCUT2D eigenvalue weighted by Crippen LogP contribution is -2.04. The number of methoxy groups -OCH3 is 2. The predicted octanol–water partition coefficient (Wildman–Crippen LogP) is 4.15. The van der Waals surface area contributed by atoms with Crippen LogP contribution in [0.4, 0.5) is 0 Å². The molecule has 0 radical (unpaired) electrons. The van der Waals surface area contributed by atoms with Crippen LogP contribution in [0, 0.1) is 0 Å². The molecule has 0 N–H and O–H groups in total. The Hall–Kier alpha value is -2.95. The molecule has 0 aliphatic heterocycles. The highest BCUT2D eigenvalue weighted by atomic mass is 16.6. The molecule has 2 aromatic carbocycles. The van der Waals surface area contributed by atoms with Crippen LogP contribution < -0.4 is 18.9 Å². The molecule has 0 aliphatic carbocycles. The monoisotopic (exact) mass is 328 g/mol. The van der Waals surface area contributed by atoms with Gasteiger partial charge in [0.15, 0.2) is 23.0 Å². The molecule has 0 aromatic heterocycles. The fraction of sp³-hybridized carbons (Fsp3) is 0.211. The van der Waals surface area contributed by atoms with Crippen LogP contribution in [-0.2, 0) is 11.2 Å². The molecule has 5 nitrogen and oxygen atoms in total. The molecule has 24 heavy (non-hydrogen) atoms. The third kappa shape index (κ3) is 4.07. The van der Waals surface area contributed by atoms with Gasteiger partial charge in [0.1, 0.15) is 0 Å². The van der Waals surface area contributed by atoms with Crippen LogP contribution >= 0.6 is 0 Å². The first-order valence-electron chi connectivity index (χ1n) is 7.40. The molecule has 0 amide bonds. The summed E-state index contributed by atoms with van der Waals surface area (Å²) in [6.45, 7) is 5.05. The molecule has 0 aliphatic rings. The summed E-state index contributed by atoms with van der Waals surface area (Å²) in [5, 5.41) is 0. The largest absolute Gasteiger partial charge is 0.493 e. The van der Waals surface area contributed by atoms with E-state index in [1.807, 2.05) is 18.2 Å². The minimum Gasteiger partial charge on any atom is -0.493 e. The number of carbonyl (C=O) groups is 1. The Labute approximate surface area is 141 Å². The number of para-hydroxylation sites is 1. The molecule has 126 valence electrons. The molecule has 2 rings (SSSR count). The first-order chi connectivity index (χ1) is 11.6. The van der Waals surface area contributed by atoms with Crippen molar-refractivity contribution in [2.75, 3.05) is 14.2 Å². The van der Waals surface area contributed by atoms with Crippen molar-refractivity contribution >= 4 is 5.97 Å². The number of ether oxygens (including phenoxy) is 4. The van der Waals surface area contributed by atoms with Gasteiger partial charge in [-0.25, -0.2) is 0 Å². The fourth-order valence-corrected chi connectivity index (χ4v) is 2.19. The maximum absolute atomic E-state index is 11.4. The van der Waals surface area contributed by atoms with Gasteiger partial charge >= 0.3 is 5.97 Å². The lowest BCUT2D eigenvalue weighted by atomic mass is 10.1. The van der Waals surface area contributed by atoms with Gasteiger partial charge in [-0.15, -0.1) is 6.58 Å². The summed E-state index contributed by atoms with van der Waals surface area (Å²) < 4.78 is 21.7. The zero-order valence-corrected chi connectivity index (χ0v) is 14.0. The van der Waals surface area contributed by atoms with Gasteiger partial charge in [-0.05, 0) is 36.2 Å². The van der Waals surface area contributed by atoms with Crippen molar-refractivity contribution in [1.82, 2.24) is 0 Å². The van der Waals surface area contributed by atoms with Crippen LogP contribution in [0.1, 0.15) is 12.5 Å². The molecule has 0 fully saturated rings. The van der Waals surface area contributed by atoms with Crippen molar-refractivity contribution in [1.29, 1.82) is 0 Å². The smallest absolute Gasteiger partial charge is 0.308 e. The Kier molecular flexibility index (Phi) is 5.84. The van der Waals surface area contributed by atoms with Crippen LogP contribution in [0.2, 0.25) is 0 Å². The van der Waals surface area contributed by atoms with Crippen molar-refractivity contribution < 1.29 is 23.7 Å². The summed E-state index contributed by atoms with van der Waals surface area (Å²) >= 11 is 0. The molecule has 0 bridgehead atoms. The van der Waals surface area contributed by atoms with Crippen LogP contribution in [-0.4, -0.2) is 20.2 Å². The first-order valence-corrected chi connectivity index (χ1v) is 7.40. The second-order valence-corrected chi connectivity index (χ2v) is 4.96. The lowest BCUT2D eigenvalue weighted by molar-refractivity contribution is -0.132. The van der Waals surface area contributed by atoms with Crippen LogP contribution in [0.25, 0.3) is 0 Å². The van der Waals surface area contributed by atoms with E-state index in [0.29, 0.717) is 23.0 Å². The third-order valence-electron chi connectivity index (χ3n) is 3.24. The molecular weight excluding hydrogens is 308 g/mol. The topological polar surface area (TPSA) is 54.0 Å². The second kappa shape index (κ2) is 8.06. The molecule has 5 heteroatoms.